The third-order valence-electron chi connectivity index (χ3n) is 3.88. The van der Waals surface area contributed by atoms with Crippen molar-refractivity contribution < 1.29 is 8.91 Å². The van der Waals surface area contributed by atoms with Crippen molar-refractivity contribution in [2.24, 2.45) is 0 Å². The predicted molar refractivity (Wildman–Crippen MR) is 95.3 cm³/mol. The van der Waals surface area contributed by atoms with Crippen LogP contribution in [0.1, 0.15) is 11.1 Å². The van der Waals surface area contributed by atoms with Crippen molar-refractivity contribution >= 4 is 0 Å². The second-order valence-electron chi connectivity index (χ2n) is 6.02. The zero-order valence-corrected chi connectivity index (χ0v) is 14.3. The van der Waals surface area contributed by atoms with E-state index in [9.17, 15) is 9.18 Å². The van der Waals surface area contributed by atoms with Crippen LogP contribution in [0.15, 0.2) is 64.2 Å². The maximum atomic E-state index is 13.3. The number of rotatable bonds is 4. The van der Waals surface area contributed by atoms with Crippen LogP contribution in [0.4, 0.5) is 4.39 Å². The standard InChI is InChI=1S/C19H14FN5O2/c1-12-3-2-4-14(7-12)18-22-19(27-24-18)16-5-6-17(26)25(23-16)11-13-8-15(20)10-21-9-13/h2-10H,11H2,1H3. The molecule has 0 spiro atoms. The molecule has 0 aliphatic rings. The van der Waals surface area contributed by atoms with Gasteiger partial charge in [0, 0.05) is 17.8 Å². The quantitative estimate of drug-likeness (QED) is 0.554. The zero-order valence-electron chi connectivity index (χ0n) is 14.3. The van der Waals surface area contributed by atoms with Crippen LogP contribution in [0, 0.1) is 12.7 Å². The second kappa shape index (κ2) is 6.91. The average molecular weight is 363 g/mol. The van der Waals surface area contributed by atoms with Crippen molar-refractivity contribution in [2.45, 2.75) is 13.5 Å². The van der Waals surface area contributed by atoms with E-state index < -0.39 is 5.82 Å². The molecule has 8 heteroatoms. The van der Waals surface area contributed by atoms with Crippen LogP contribution in [0.25, 0.3) is 23.0 Å². The smallest absolute Gasteiger partial charge is 0.278 e. The molecular formula is C19H14FN5O2. The average Bonchev–Trinajstić information content (AvgIpc) is 3.14. The van der Waals surface area contributed by atoms with Crippen LogP contribution in [-0.2, 0) is 6.54 Å². The summed E-state index contributed by atoms with van der Waals surface area (Å²) in [6.07, 6.45) is 2.58. The molecule has 0 unspecified atom stereocenters. The van der Waals surface area contributed by atoms with E-state index in [4.69, 9.17) is 4.52 Å². The summed E-state index contributed by atoms with van der Waals surface area (Å²) in [7, 11) is 0. The first-order chi connectivity index (χ1) is 13.1. The molecule has 4 aromatic rings. The van der Waals surface area contributed by atoms with Crippen LogP contribution in [0.5, 0.6) is 0 Å². The Morgan fingerprint density at radius 2 is 2.04 bits per heavy atom. The van der Waals surface area contributed by atoms with Gasteiger partial charge >= 0.3 is 0 Å². The summed E-state index contributed by atoms with van der Waals surface area (Å²) in [5.74, 6) is 0.150. The molecule has 27 heavy (non-hydrogen) atoms. The van der Waals surface area contributed by atoms with Crippen molar-refractivity contribution in [1.82, 2.24) is 24.9 Å². The number of benzene rings is 1. The summed E-state index contributed by atoms with van der Waals surface area (Å²) in [6, 6.07) is 11.9. The summed E-state index contributed by atoms with van der Waals surface area (Å²) in [5, 5.41) is 8.23. The Balaban J connectivity index is 1.66. The van der Waals surface area contributed by atoms with E-state index in [-0.39, 0.29) is 18.0 Å². The minimum absolute atomic E-state index is 0.0797. The number of halogens is 1. The first kappa shape index (κ1) is 16.8. The van der Waals surface area contributed by atoms with Crippen LogP contribution in [0.3, 0.4) is 0 Å². The van der Waals surface area contributed by atoms with Gasteiger partial charge in [0.05, 0.1) is 12.7 Å². The molecule has 7 nitrogen and oxygen atoms in total. The molecule has 0 atom stereocenters. The summed E-state index contributed by atoms with van der Waals surface area (Å²) in [6.45, 7) is 2.06. The molecule has 0 aliphatic heterocycles. The van der Waals surface area contributed by atoms with E-state index in [2.05, 4.69) is 20.2 Å². The lowest BCUT2D eigenvalue weighted by Crippen LogP contribution is -2.23. The number of hydrogen-bond acceptors (Lipinski definition) is 6. The molecule has 0 saturated heterocycles. The van der Waals surface area contributed by atoms with Crippen molar-refractivity contribution in [3.63, 3.8) is 0 Å². The van der Waals surface area contributed by atoms with E-state index >= 15 is 0 Å². The lowest BCUT2D eigenvalue weighted by atomic mass is 10.1. The van der Waals surface area contributed by atoms with Gasteiger partial charge in [0.25, 0.3) is 11.4 Å². The van der Waals surface area contributed by atoms with Crippen LogP contribution < -0.4 is 5.56 Å². The van der Waals surface area contributed by atoms with Crippen LogP contribution in [-0.4, -0.2) is 24.9 Å². The van der Waals surface area contributed by atoms with Gasteiger partial charge < -0.3 is 4.52 Å². The highest BCUT2D eigenvalue weighted by atomic mass is 19.1. The lowest BCUT2D eigenvalue weighted by Gasteiger charge is -2.05. The van der Waals surface area contributed by atoms with E-state index in [1.807, 2.05) is 31.2 Å². The third kappa shape index (κ3) is 3.64. The zero-order chi connectivity index (χ0) is 18.8. The predicted octanol–water partition coefficient (Wildman–Crippen LogP) is 2.85. The Labute approximate surface area is 153 Å². The van der Waals surface area contributed by atoms with Gasteiger partial charge in [-0.2, -0.15) is 10.1 Å². The largest absolute Gasteiger partial charge is 0.332 e. The Morgan fingerprint density at radius 3 is 2.85 bits per heavy atom. The highest BCUT2D eigenvalue weighted by Crippen LogP contribution is 2.21. The number of aromatic nitrogens is 5. The molecule has 0 N–H and O–H groups in total. The molecule has 4 rings (SSSR count). The van der Waals surface area contributed by atoms with Gasteiger partial charge in [0.15, 0.2) is 0 Å². The Bertz CT molecular complexity index is 1170. The summed E-state index contributed by atoms with van der Waals surface area (Å²) >= 11 is 0. The fourth-order valence-electron chi connectivity index (χ4n) is 2.62. The van der Waals surface area contributed by atoms with Gasteiger partial charge in [0.1, 0.15) is 11.5 Å². The normalized spacial score (nSPS) is 10.9. The second-order valence-corrected chi connectivity index (χ2v) is 6.02. The van der Waals surface area contributed by atoms with Gasteiger partial charge in [-0.15, -0.1) is 0 Å². The molecule has 0 fully saturated rings. The topological polar surface area (TPSA) is 86.7 Å². The molecular weight excluding hydrogens is 349 g/mol. The van der Waals surface area contributed by atoms with Crippen molar-refractivity contribution in [2.75, 3.05) is 0 Å². The fourth-order valence-corrected chi connectivity index (χ4v) is 2.62. The first-order valence-electron chi connectivity index (χ1n) is 8.17. The van der Waals surface area contributed by atoms with E-state index in [0.29, 0.717) is 17.1 Å². The van der Waals surface area contributed by atoms with Gasteiger partial charge in [-0.25, -0.2) is 9.07 Å². The summed E-state index contributed by atoms with van der Waals surface area (Å²) < 4.78 is 19.8. The number of hydrogen-bond donors (Lipinski definition) is 0. The van der Waals surface area contributed by atoms with Gasteiger partial charge in [0.2, 0.25) is 5.82 Å². The van der Waals surface area contributed by atoms with Crippen molar-refractivity contribution in [3.05, 3.63) is 82.2 Å². The summed E-state index contributed by atoms with van der Waals surface area (Å²) in [4.78, 5) is 20.2. The molecule has 0 saturated carbocycles. The van der Waals surface area contributed by atoms with E-state index in [1.165, 1.54) is 29.1 Å². The summed E-state index contributed by atoms with van der Waals surface area (Å²) in [5.41, 5.74) is 2.44. The number of pyridine rings is 1. The monoisotopic (exact) mass is 363 g/mol. The van der Waals surface area contributed by atoms with E-state index in [0.717, 1.165) is 17.3 Å². The number of nitrogens with zero attached hydrogens (tertiary/aromatic N) is 5. The molecule has 0 amide bonds. The maximum Gasteiger partial charge on any atom is 0.278 e. The Kier molecular flexibility index (Phi) is 4.29. The molecule has 0 radical (unpaired) electrons. The minimum Gasteiger partial charge on any atom is -0.332 e. The van der Waals surface area contributed by atoms with Gasteiger partial charge in [-0.3, -0.25) is 9.78 Å². The molecule has 134 valence electrons. The third-order valence-corrected chi connectivity index (χ3v) is 3.88. The highest BCUT2D eigenvalue weighted by molar-refractivity contribution is 5.58. The molecule has 1 aromatic carbocycles. The van der Waals surface area contributed by atoms with Crippen LogP contribution in [0.2, 0.25) is 0 Å². The Hall–Kier alpha value is -3.68. The first-order valence-corrected chi connectivity index (χ1v) is 8.17. The van der Waals surface area contributed by atoms with Gasteiger partial charge in [-0.05, 0) is 30.7 Å². The van der Waals surface area contributed by atoms with Crippen molar-refractivity contribution in [3.8, 4) is 23.0 Å². The maximum absolute atomic E-state index is 13.3. The molecule has 3 aromatic heterocycles. The minimum atomic E-state index is -0.476. The molecule has 0 bridgehead atoms. The molecule has 3 heterocycles. The van der Waals surface area contributed by atoms with Gasteiger partial charge in [-0.1, -0.05) is 28.9 Å². The lowest BCUT2D eigenvalue weighted by molar-refractivity contribution is 0.429. The Morgan fingerprint density at radius 1 is 1.15 bits per heavy atom. The fraction of sp³-hybridized carbons (Fsp3) is 0.105. The molecule has 0 aliphatic carbocycles. The van der Waals surface area contributed by atoms with Crippen LogP contribution >= 0.6 is 0 Å². The number of aryl methyl sites for hydroxylation is 1. The highest BCUT2D eigenvalue weighted by Gasteiger charge is 2.13. The SMILES string of the molecule is Cc1cccc(-c2noc(-c3ccc(=O)n(Cc4cncc(F)c4)n3)n2)c1. The van der Waals surface area contributed by atoms with Crippen molar-refractivity contribution in [1.29, 1.82) is 0 Å². The van der Waals surface area contributed by atoms with E-state index in [1.54, 1.807) is 0 Å².